The fourth-order valence-electron chi connectivity index (χ4n) is 1.98. The van der Waals surface area contributed by atoms with Crippen LogP contribution in [0.3, 0.4) is 0 Å². The van der Waals surface area contributed by atoms with Crippen molar-refractivity contribution in [2.45, 2.75) is 25.7 Å². The van der Waals surface area contributed by atoms with Crippen molar-refractivity contribution in [1.82, 2.24) is 10.3 Å². The Labute approximate surface area is 111 Å². The normalized spacial score (nSPS) is 15.0. The molecule has 1 aromatic rings. The Morgan fingerprint density at radius 1 is 1.50 bits per heavy atom. The van der Waals surface area contributed by atoms with Gasteiger partial charge in [0.25, 0.3) is 5.91 Å². The van der Waals surface area contributed by atoms with Crippen LogP contribution in [0, 0.1) is 5.92 Å². The summed E-state index contributed by atoms with van der Waals surface area (Å²) < 4.78 is 0. The number of rotatable bonds is 5. The summed E-state index contributed by atoms with van der Waals surface area (Å²) in [6.07, 6.45) is 4.95. The van der Waals surface area contributed by atoms with Crippen molar-refractivity contribution < 1.29 is 4.79 Å². The first-order valence-corrected chi connectivity index (χ1v) is 6.49. The summed E-state index contributed by atoms with van der Waals surface area (Å²) in [7, 11) is 0. The molecule has 1 aliphatic rings. The first-order chi connectivity index (χ1) is 8.69. The predicted octanol–water partition coefficient (Wildman–Crippen LogP) is 1.94. The third kappa shape index (κ3) is 3.34. The minimum Gasteiger partial charge on any atom is -0.352 e. The lowest BCUT2D eigenvalue weighted by atomic mass is 9.83. The highest BCUT2D eigenvalue weighted by atomic mass is 35.5. The van der Waals surface area contributed by atoms with E-state index in [1.54, 1.807) is 6.07 Å². The third-order valence-corrected chi connectivity index (χ3v) is 3.46. The third-order valence-electron chi connectivity index (χ3n) is 3.27. The van der Waals surface area contributed by atoms with Gasteiger partial charge in [-0.2, -0.15) is 0 Å². The fourth-order valence-corrected chi connectivity index (χ4v) is 2.18. The molecular weight excluding hydrogens is 252 g/mol. The number of aromatic nitrogens is 1. The zero-order valence-electron chi connectivity index (χ0n) is 10.1. The van der Waals surface area contributed by atoms with E-state index in [-0.39, 0.29) is 11.1 Å². The topological polar surface area (TPSA) is 80.0 Å². The lowest BCUT2D eigenvalue weighted by Crippen LogP contribution is -2.27. The number of carbonyl (C=O) groups excluding carboxylic acids is 1. The largest absolute Gasteiger partial charge is 0.352 e. The Bertz CT molecular complexity index is 434. The molecule has 2 rings (SSSR count). The zero-order chi connectivity index (χ0) is 13.0. The number of nitrogens with two attached hydrogens (primary N) is 1. The average molecular weight is 269 g/mol. The molecule has 1 saturated carbocycles. The maximum Gasteiger partial charge on any atom is 0.251 e. The molecule has 6 heteroatoms. The second kappa shape index (κ2) is 6.02. The smallest absolute Gasteiger partial charge is 0.251 e. The molecule has 1 amide bonds. The van der Waals surface area contributed by atoms with Gasteiger partial charge in [-0.1, -0.05) is 30.9 Å². The van der Waals surface area contributed by atoms with Crippen LogP contribution in [-0.2, 0) is 0 Å². The van der Waals surface area contributed by atoms with E-state index < -0.39 is 0 Å². The Balaban J connectivity index is 1.88. The molecule has 1 heterocycles. The minimum atomic E-state index is -0.143. The van der Waals surface area contributed by atoms with Gasteiger partial charge >= 0.3 is 0 Å². The van der Waals surface area contributed by atoms with Crippen molar-refractivity contribution >= 4 is 23.3 Å². The van der Waals surface area contributed by atoms with Gasteiger partial charge in [0.05, 0.1) is 0 Å². The van der Waals surface area contributed by atoms with E-state index in [1.165, 1.54) is 25.3 Å². The number of nitrogens with zero attached hydrogens (tertiary/aromatic N) is 1. The highest BCUT2D eigenvalue weighted by molar-refractivity contribution is 6.29. The zero-order valence-corrected chi connectivity index (χ0v) is 10.8. The molecule has 0 saturated heterocycles. The summed E-state index contributed by atoms with van der Waals surface area (Å²) in [5, 5.41) is 3.13. The van der Waals surface area contributed by atoms with Crippen LogP contribution in [0.25, 0.3) is 0 Å². The molecule has 18 heavy (non-hydrogen) atoms. The molecule has 0 aromatic carbocycles. The van der Waals surface area contributed by atoms with Gasteiger partial charge in [0.1, 0.15) is 11.0 Å². The number of hydrazine groups is 1. The molecule has 0 spiro atoms. The Morgan fingerprint density at radius 3 is 2.89 bits per heavy atom. The summed E-state index contributed by atoms with van der Waals surface area (Å²) in [4.78, 5) is 15.8. The quantitative estimate of drug-likeness (QED) is 0.433. The molecule has 1 aliphatic carbocycles. The fraction of sp³-hybridized carbons (Fsp3) is 0.500. The monoisotopic (exact) mass is 268 g/mol. The van der Waals surface area contributed by atoms with Gasteiger partial charge < -0.3 is 10.7 Å². The van der Waals surface area contributed by atoms with Crippen molar-refractivity contribution in [3.63, 3.8) is 0 Å². The summed E-state index contributed by atoms with van der Waals surface area (Å²) in [6, 6.07) is 3.10. The number of halogens is 1. The van der Waals surface area contributed by atoms with Gasteiger partial charge in [-0.3, -0.25) is 4.79 Å². The van der Waals surface area contributed by atoms with Crippen molar-refractivity contribution in [2.75, 3.05) is 12.0 Å². The van der Waals surface area contributed by atoms with Gasteiger partial charge in [0.15, 0.2) is 0 Å². The van der Waals surface area contributed by atoms with E-state index in [1.807, 2.05) is 0 Å². The number of hydrogen-bond donors (Lipinski definition) is 3. The van der Waals surface area contributed by atoms with Gasteiger partial charge in [-0.15, -0.1) is 0 Å². The van der Waals surface area contributed by atoms with Crippen LogP contribution in [0.15, 0.2) is 12.1 Å². The van der Waals surface area contributed by atoms with Gasteiger partial charge in [0.2, 0.25) is 0 Å². The average Bonchev–Trinajstić information content (AvgIpc) is 2.31. The molecule has 0 unspecified atom stereocenters. The molecule has 0 aliphatic heterocycles. The van der Waals surface area contributed by atoms with Crippen molar-refractivity contribution in [1.29, 1.82) is 0 Å². The number of nitrogens with one attached hydrogen (secondary N) is 2. The van der Waals surface area contributed by atoms with Gasteiger partial charge in [0, 0.05) is 12.1 Å². The van der Waals surface area contributed by atoms with E-state index in [2.05, 4.69) is 15.7 Å². The molecule has 1 aromatic heterocycles. The van der Waals surface area contributed by atoms with Crippen LogP contribution in [-0.4, -0.2) is 17.4 Å². The van der Waals surface area contributed by atoms with Crippen molar-refractivity contribution in [3.05, 3.63) is 22.8 Å². The van der Waals surface area contributed by atoms with Crippen LogP contribution in [0.5, 0.6) is 0 Å². The first-order valence-electron chi connectivity index (χ1n) is 6.11. The molecule has 0 radical (unpaired) electrons. The summed E-state index contributed by atoms with van der Waals surface area (Å²) in [5.74, 6) is 6.27. The number of pyridine rings is 1. The predicted molar refractivity (Wildman–Crippen MR) is 71.3 cm³/mol. The van der Waals surface area contributed by atoms with Crippen LogP contribution in [0.2, 0.25) is 5.15 Å². The van der Waals surface area contributed by atoms with E-state index in [0.717, 1.165) is 12.3 Å². The number of anilines is 1. The summed E-state index contributed by atoms with van der Waals surface area (Å²) in [6.45, 7) is 0.703. The maximum absolute atomic E-state index is 11.9. The minimum absolute atomic E-state index is 0.143. The molecule has 4 N–H and O–H groups in total. The Hall–Kier alpha value is -1.33. The van der Waals surface area contributed by atoms with Crippen LogP contribution < -0.4 is 16.6 Å². The second-order valence-electron chi connectivity index (χ2n) is 4.55. The SMILES string of the molecule is NNc1cc(C(=O)NCCC2CCC2)cc(Cl)n1. The number of carbonyl (C=O) groups is 1. The molecule has 5 nitrogen and oxygen atoms in total. The molecule has 0 atom stereocenters. The lowest BCUT2D eigenvalue weighted by Gasteiger charge is -2.25. The molecule has 98 valence electrons. The summed E-state index contributed by atoms with van der Waals surface area (Å²) >= 11 is 5.80. The van der Waals surface area contributed by atoms with Crippen LogP contribution in [0.1, 0.15) is 36.0 Å². The molecule has 1 fully saturated rings. The second-order valence-corrected chi connectivity index (χ2v) is 4.94. The highest BCUT2D eigenvalue weighted by Crippen LogP contribution is 2.28. The number of amides is 1. The Morgan fingerprint density at radius 2 is 2.28 bits per heavy atom. The van der Waals surface area contributed by atoms with E-state index in [0.29, 0.717) is 17.9 Å². The van der Waals surface area contributed by atoms with E-state index >= 15 is 0 Å². The van der Waals surface area contributed by atoms with Crippen LogP contribution >= 0.6 is 11.6 Å². The van der Waals surface area contributed by atoms with Crippen molar-refractivity contribution in [3.8, 4) is 0 Å². The Kier molecular flexibility index (Phi) is 4.38. The van der Waals surface area contributed by atoms with Crippen molar-refractivity contribution in [2.24, 2.45) is 11.8 Å². The lowest BCUT2D eigenvalue weighted by molar-refractivity contribution is 0.0949. The standard InChI is InChI=1S/C12H17ClN4O/c13-10-6-9(7-11(16-10)17-14)12(18)15-5-4-8-2-1-3-8/h6-8H,1-5,14H2,(H,15,18)(H,16,17). The molecule has 0 bridgehead atoms. The first kappa shape index (κ1) is 13.1. The number of hydrogen-bond acceptors (Lipinski definition) is 4. The van der Waals surface area contributed by atoms with E-state index in [4.69, 9.17) is 17.4 Å². The molecular formula is C12H17ClN4O. The van der Waals surface area contributed by atoms with E-state index in [9.17, 15) is 4.79 Å². The number of nitrogen functional groups attached to an aromatic ring is 1. The maximum atomic E-state index is 11.9. The summed E-state index contributed by atoms with van der Waals surface area (Å²) in [5.41, 5.74) is 2.85. The van der Waals surface area contributed by atoms with Gasteiger partial charge in [-0.25, -0.2) is 10.8 Å². The van der Waals surface area contributed by atoms with Crippen LogP contribution in [0.4, 0.5) is 5.82 Å². The highest BCUT2D eigenvalue weighted by Gasteiger charge is 2.17. The van der Waals surface area contributed by atoms with Gasteiger partial charge in [-0.05, 0) is 24.5 Å².